The molecule has 0 spiro atoms. The molecule has 1 heteroatoms. The number of nitrogens with one attached hydrogen (secondary N) is 1. The van der Waals surface area contributed by atoms with Gasteiger partial charge in [0.25, 0.3) is 0 Å². The molecule has 0 radical (unpaired) electrons. The predicted molar refractivity (Wildman–Crippen MR) is 44.4 cm³/mol. The van der Waals surface area contributed by atoms with Gasteiger partial charge in [-0.1, -0.05) is 26.5 Å². The van der Waals surface area contributed by atoms with Crippen LogP contribution in [0.2, 0.25) is 0 Å². The van der Waals surface area contributed by atoms with Crippen LogP contribution in [0.4, 0.5) is 0 Å². The van der Waals surface area contributed by atoms with Crippen molar-refractivity contribution in [2.45, 2.75) is 27.2 Å². The maximum absolute atomic E-state index is 3.97. The van der Waals surface area contributed by atoms with E-state index in [4.69, 9.17) is 0 Å². The van der Waals surface area contributed by atoms with Crippen LogP contribution in [-0.4, -0.2) is 0 Å². The third-order valence-electron chi connectivity index (χ3n) is 2.08. The standard InChI is InChI=1S/C9H15N/c1-7-5-6-9(3,4)8(2)10-7/h5,10H,2,6H2,1,3-4H3. The zero-order chi connectivity index (χ0) is 7.78. The number of rotatable bonds is 0. The minimum Gasteiger partial charge on any atom is -0.363 e. The molecule has 0 saturated heterocycles. The van der Waals surface area contributed by atoms with E-state index in [-0.39, 0.29) is 5.41 Å². The van der Waals surface area contributed by atoms with E-state index in [0.29, 0.717) is 0 Å². The van der Waals surface area contributed by atoms with Gasteiger partial charge in [-0.3, -0.25) is 0 Å². The lowest BCUT2D eigenvalue weighted by Gasteiger charge is -2.31. The Bertz CT molecular complexity index is 187. The van der Waals surface area contributed by atoms with Crippen LogP contribution in [0.1, 0.15) is 27.2 Å². The molecule has 1 aliphatic heterocycles. The van der Waals surface area contributed by atoms with Crippen LogP contribution in [0, 0.1) is 5.41 Å². The van der Waals surface area contributed by atoms with E-state index in [1.165, 1.54) is 5.70 Å². The molecule has 0 aromatic heterocycles. The molecule has 0 aromatic carbocycles. The Morgan fingerprint density at radius 3 is 2.60 bits per heavy atom. The lowest BCUT2D eigenvalue weighted by molar-refractivity contribution is 0.413. The van der Waals surface area contributed by atoms with Crippen molar-refractivity contribution >= 4 is 0 Å². The Morgan fingerprint density at radius 1 is 1.60 bits per heavy atom. The van der Waals surface area contributed by atoms with Crippen LogP contribution in [0.25, 0.3) is 0 Å². The highest BCUT2D eigenvalue weighted by atomic mass is 14.9. The summed E-state index contributed by atoms with van der Waals surface area (Å²) in [5.41, 5.74) is 2.59. The molecule has 1 heterocycles. The number of allylic oxidation sites excluding steroid dienone is 3. The minimum atomic E-state index is 0.236. The molecular formula is C9H15N. The maximum Gasteiger partial charge on any atom is 0.0136 e. The molecule has 10 heavy (non-hydrogen) atoms. The van der Waals surface area contributed by atoms with Gasteiger partial charge in [0, 0.05) is 16.8 Å². The third-order valence-corrected chi connectivity index (χ3v) is 2.08. The average molecular weight is 137 g/mol. The number of hydrogen-bond donors (Lipinski definition) is 1. The molecule has 0 atom stereocenters. The van der Waals surface area contributed by atoms with Crippen LogP contribution < -0.4 is 5.32 Å². The SMILES string of the molecule is C=C1NC(C)=CCC1(C)C. The fourth-order valence-electron chi connectivity index (χ4n) is 0.990. The van der Waals surface area contributed by atoms with E-state index in [0.717, 1.165) is 12.1 Å². The van der Waals surface area contributed by atoms with Gasteiger partial charge in [-0.15, -0.1) is 0 Å². The minimum absolute atomic E-state index is 0.236. The first kappa shape index (κ1) is 7.39. The summed E-state index contributed by atoms with van der Waals surface area (Å²) in [7, 11) is 0. The molecule has 0 amide bonds. The topological polar surface area (TPSA) is 12.0 Å². The molecule has 0 bridgehead atoms. The van der Waals surface area contributed by atoms with Crippen molar-refractivity contribution in [3.63, 3.8) is 0 Å². The zero-order valence-electron chi connectivity index (χ0n) is 6.99. The van der Waals surface area contributed by atoms with Gasteiger partial charge in [0.05, 0.1) is 0 Å². The monoisotopic (exact) mass is 137 g/mol. The van der Waals surface area contributed by atoms with Crippen LogP contribution in [0.15, 0.2) is 24.0 Å². The normalized spacial score (nSPS) is 23.5. The van der Waals surface area contributed by atoms with Crippen molar-refractivity contribution in [3.8, 4) is 0 Å². The highest BCUT2D eigenvalue weighted by molar-refractivity contribution is 5.19. The fourth-order valence-corrected chi connectivity index (χ4v) is 0.990. The van der Waals surface area contributed by atoms with Gasteiger partial charge in [0.15, 0.2) is 0 Å². The second kappa shape index (κ2) is 2.15. The first-order valence-corrected chi connectivity index (χ1v) is 3.65. The molecule has 1 rings (SSSR count). The molecule has 0 aliphatic carbocycles. The van der Waals surface area contributed by atoms with E-state index in [9.17, 15) is 0 Å². The van der Waals surface area contributed by atoms with Gasteiger partial charge in [0.2, 0.25) is 0 Å². The highest BCUT2D eigenvalue weighted by Gasteiger charge is 2.23. The lowest BCUT2D eigenvalue weighted by Crippen LogP contribution is -2.28. The van der Waals surface area contributed by atoms with Crippen molar-refractivity contribution < 1.29 is 0 Å². The van der Waals surface area contributed by atoms with Gasteiger partial charge in [-0.05, 0) is 13.3 Å². The van der Waals surface area contributed by atoms with Crippen LogP contribution in [-0.2, 0) is 0 Å². The number of hydrogen-bond acceptors (Lipinski definition) is 1. The Kier molecular flexibility index (Phi) is 1.59. The Morgan fingerprint density at radius 2 is 2.20 bits per heavy atom. The Labute approximate surface area is 62.8 Å². The smallest absolute Gasteiger partial charge is 0.0136 e. The fraction of sp³-hybridized carbons (Fsp3) is 0.556. The van der Waals surface area contributed by atoms with E-state index < -0.39 is 0 Å². The largest absolute Gasteiger partial charge is 0.363 e. The van der Waals surface area contributed by atoms with Gasteiger partial charge in [-0.2, -0.15) is 0 Å². The summed E-state index contributed by atoms with van der Waals surface area (Å²) < 4.78 is 0. The maximum atomic E-state index is 3.97. The molecular weight excluding hydrogens is 122 g/mol. The predicted octanol–water partition coefficient (Wildman–Crippen LogP) is 2.42. The van der Waals surface area contributed by atoms with E-state index in [2.05, 4.69) is 38.7 Å². The summed E-state index contributed by atoms with van der Waals surface area (Å²) in [5.74, 6) is 0. The molecule has 0 saturated carbocycles. The summed E-state index contributed by atoms with van der Waals surface area (Å²) in [6, 6.07) is 0. The summed E-state index contributed by atoms with van der Waals surface area (Å²) >= 11 is 0. The van der Waals surface area contributed by atoms with E-state index in [1.54, 1.807) is 0 Å². The van der Waals surface area contributed by atoms with Crippen molar-refractivity contribution in [2.24, 2.45) is 5.41 Å². The molecule has 1 nitrogen and oxygen atoms in total. The molecule has 0 aromatic rings. The summed E-state index contributed by atoms with van der Waals surface area (Å²) in [6.45, 7) is 10.4. The lowest BCUT2D eigenvalue weighted by atomic mass is 9.83. The van der Waals surface area contributed by atoms with E-state index >= 15 is 0 Å². The second-order valence-electron chi connectivity index (χ2n) is 3.58. The van der Waals surface area contributed by atoms with Crippen molar-refractivity contribution in [2.75, 3.05) is 0 Å². The Hall–Kier alpha value is -0.720. The summed E-state index contributed by atoms with van der Waals surface area (Å²) in [4.78, 5) is 0. The van der Waals surface area contributed by atoms with Gasteiger partial charge >= 0.3 is 0 Å². The molecule has 1 N–H and O–H groups in total. The van der Waals surface area contributed by atoms with Crippen molar-refractivity contribution in [1.29, 1.82) is 0 Å². The zero-order valence-corrected chi connectivity index (χ0v) is 6.99. The summed E-state index contributed by atoms with van der Waals surface area (Å²) in [6.07, 6.45) is 3.32. The average Bonchev–Trinajstić information content (AvgIpc) is 1.81. The third kappa shape index (κ3) is 1.23. The second-order valence-corrected chi connectivity index (χ2v) is 3.58. The molecule has 0 unspecified atom stereocenters. The molecule has 0 fully saturated rings. The summed E-state index contributed by atoms with van der Waals surface area (Å²) in [5, 5.41) is 3.24. The van der Waals surface area contributed by atoms with Crippen molar-refractivity contribution in [3.05, 3.63) is 24.0 Å². The Balaban J connectivity index is 2.80. The molecule has 56 valence electrons. The van der Waals surface area contributed by atoms with Crippen LogP contribution in [0.3, 0.4) is 0 Å². The molecule has 1 aliphatic rings. The van der Waals surface area contributed by atoms with Crippen LogP contribution >= 0.6 is 0 Å². The van der Waals surface area contributed by atoms with Gasteiger partial charge in [-0.25, -0.2) is 0 Å². The first-order valence-electron chi connectivity index (χ1n) is 3.65. The van der Waals surface area contributed by atoms with Crippen molar-refractivity contribution in [1.82, 2.24) is 5.32 Å². The van der Waals surface area contributed by atoms with Gasteiger partial charge < -0.3 is 5.32 Å². The highest BCUT2D eigenvalue weighted by Crippen LogP contribution is 2.31. The van der Waals surface area contributed by atoms with Crippen LogP contribution in [0.5, 0.6) is 0 Å². The van der Waals surface area contributed by atoms with E-state index in [1.807, 2.05) is 0 Å². The quantitative estimate of drug-likeness (QED) is 0.540. The van der Waals surface area contributed by atoms with Gasteiger partial charge in [0.1, 0.15) is 0 Å². The first-order chi connectivity index (χ1) is 4.52.